The maximum Gasteiger partial charge on any atom is 0.144 e. The number of ether oxygens (including phenoxy) is 2. The smallest absolute Gasteiger partial charge is 0.144 e. The largest absolute Gasteiger partial charge is 0.495 e. The summed E-state index contributed by atoms with van der Waals surface area (Å²) in [5.74, 6) is 1.57. The molecule has 3 rings (SSSR count). The van der Waals surface area contributed by atoms with Crippen LogP contribution in [0.5, 0.6) is 11.5 Å². The first-order valence-corrected chi connectivity index (χ1v) is 6.77. The quantitative estimate of drug-likeness (QED) is 0.747. The minimum atomic E-state index is 0.662. The maximum absolute atomic E-state index is 6.20. The van der Waals surface area contributed by atoms with E-state index in [1.807, 2.05) is 18.2 Å². The van der Waals surface area contributed by atoms with Gasteiger partial charge in [0, 0.05) is 21.9 Å². The van der Waals surface area contributed by atoms with Gasteiger partial charge >= 0.3 is 0 Å². The molecule has 0 atom stereocenters. The first-order chi connectivity index (χ1) is 9.56. The molecule has 0 radical (unpaired) electrons. The molecule has 1 N–H and O–H groups in total. The number of aromatic amines is 1. The Kier molecular flexibility index (Phi) is 3.02. The van der Waals surface area contributed by atoms with E-state index in [0.717, 1.165) is 33.3 Å². The Hall–Kier alpha value is -1.87. The van der Waals surface area contributed by atoms with Gasteiger partial charge in [-0.25, -0.2) is 0 Å². The molecule has 1 aromatic heterocycles. The predicted molar refractivity (Wildman–Crippen MR) is 83.4 cm³/mol. The van der Waals surface area contributed by atoms with Crippen LogP contribution in [0, 0.1) is 13.8 Å². The maximum atomic E-state index is 6.20. The minimum absolute atomic E-state index is 0.662. The van der Waals surface area contributed by atoms with Gasteiger partial charge in [0.05, 0.1) is 25.3 Å². The van der Waals surface area contributed by atoms with E-state index in [-0.39, 0.29) is 0 Å². The molecule has 0 aliphatic rings. The molecule has 4 heteroatoms. The van der Waals surface area contributed by atoms with E-state index in [1.54, 1.807) is 14.2 Å². The minimum Gasteiger partial charge on any atom is -0.495 e. The van der Waals surface area contributed by atoms with Crippen molar-refractivity contribution in [3.63, 3.8) is 0 Å². The number of rotatable bonds is 2. The van der Waals surface area contributed by atoms with Crippen LogP contribution in [0.3, 0.4) is 0 Å². The van der Waals surface area contributed by atoms with Crippen LogP contribution in [0.1, 0.15) is 11.1 Å². The van der Waals surface area contributed by atoms with Crippen LogP contribution >= 0.6 is 11.6 Å². The van der Waals surface area contributed by atoms with Crippen LogP contribution in [0.15, 0.2) is 18.2 Å². The van der Waals surface area contributed by atoms with Gasteiger partial charge in [0.1, 0.15) is 11.5 Å². The molecular weight excluding hydrogens is 274 g/mol. The van der Waals surface area contributed by atoms with Crippen LogP contribution in [-0.4, -0.2) is 19.2 Å². The predicted octanol–water partition coefficient (Wildman–Crippen LogP) is 4.61. The van der Waals surface area contributed by atoms with Gasteiger partial charge in [-0.2, -0.15) is 0 Å². The summed E-state index contributed by atoms with van der Waals surface area (Å²) in [5.41, 5.74) is 4.33. The Bertz CT molecular complexity index is 821. The van der Waals surface area contributed by atoms with Crippen molar-refractivity contribution in [2.45, 2.75) is 13.8 Å². The molecular formula is C16H16ClNO2. The van der Waals surface area contributed by atoms with Crippen LogP contribution in [-0.2, 0) is 0 Å². The molecule has 1 heterocycles. The SMILES string of the molecule is COc1cc(Cl)cc2c1[nH]c1c(OC)cc(C)c(C)c12. The first-order valence-electron chi connectivity index (χ1n) is 6.40. The number of halogens is 1. The van der Waals surface area contributed by atoms with Crippen LogP contribution in [0.4, 0.5) is 0 Å². The van der Waals surface area contributed by atoms with E-state index in [1.165, 1.54) is 11.1 Å². The second-order valence-corrected chi connectivity index (χ2v) is 5.36. The fourth-order valence-corrected chi connectivity index (χ4v) is 2.91. The van der Waals surface area contributed by atoms with Gasteiger partial charge in [-0.3, -0.25) is 0 Å². The fourth-order valence-electron chi connectivity index (χ4n) is 2.70. The van der Waals surface area contributed by atoms with E-state index in [0.29, 0.717) is 5.02 Å². The third-order valence-corrected chi connectivity index (χ3v) is 4.05. The number of hydrogen-bond donors (Lipinski definition) is 1. The highest BCUT2D eigenvalue weighted by atomic mass is 35.5. The summed E-state index contributed by atoms with van der Waals surface area (Å²) in [4.78, 5) is 3.40. The third-order valence-electron chi connectivity index (χ3n) is 3.84. The van der Waals surface area contributed by atoms with Crippen molar-refractivity contribution in [1.29, 1.82) is 0 Å². The van der Waals surface area contributed by atoms with Crippen LogP contribution in [0.2, 0.25) is 5.02 Å². The molecule has 0 unspecified atom stereocenters. The monoisotopic (exact) mass is 289 g/mol. The van der Waals surface area contributed by atoms with Crippen molar-refractivity contribution in [2.24, 2.45) is 0 Å². The molecule has 0 spiro atoms. The van der Waals surface area contributed by atoms with Gasteiger partial charge in [-0.05, 0) is 37.1 Å². The molecule has 0 fully saturated rings. The summed E-state index contributed by atoms with van der Waals surface area (Å²) in [7, 11) is 3.32. The van der Waals surface area contributed by atoms with Crippen molar-refractivity contribution in [2.75, 3.05) is 14.2 Å². The molecule has 20 heavy (non-hydrogen) atoms. The Morgan fingerprint density at radius 1 is 0.950 bits per heavy atom. The van der Waals surface area contributed by atoms with Gasteiger partial charge in [0.2, 0.25) is 0 Å². The van der Waals surface area contributed by atoms with Crippen LogP contribution < -0.4 is 9.47 Å². The third kappa shape index (κ3) is 1.74. The molecule has 3 aromatic rings. The summed E-state index contributed by atoms with van der Waals surface area (Å²) in [5, 5.41) is 2.86. The van der Waals surface area contributed by atoms with E-state index in [2.05, 4.69) is 18.8 Å². The van der Waals surface area contributed by atoms with Gasteiger partial charge in [-0.1, -0.05) is 11.6 Å². The molecule has 0 saturated heterocycles. The Morgan fingerprint density at radius 2 is 1.60 bits per heavy atom. The standard InChI is InChI=1S/C16H16ClNO2/c1-8-5-12(19-3)16-14(9(8)2)11-6-10(17)7-13(20-4)15(11)18-16/h5-7,18H,1-4H3. The summed E-state index contributed by atoms with van der Waals surface area (Å²) < 4.78 is 10.9. The molecule has 2 aromatic carbocycles. The second-order valence-electron chi connectivity index (χ2n) is 4.93. The van der Waals surface area contributed by atoms with E-state index < -0.39 is 0 Å². The zero-order valence-electron chi connectivity index (χ0n) is 11.9. The second kappa shape index (κ2) is 4.60. The zero-order chi connectivity index (χ0) is 14.4. The van der Waals surface area contributed by atoms with Gasteiger partial charge < -0.3 is 14.5 Å². The molecule has 0 bridgehead atoms. The number of methoxy groups -OCH3 is 2. The Labute approximate surface area is 122 Å². The molecule has 104 valence electrons. The van der Waals surface area contributed by atoms with Gasteiger partial charge in [-0.15, -0.1) is 0 Å². The average Bonchev–Trinajstić information content (AvgIpc) is 2.81. The number of aryl methyl sites for hydroxylation is 2. The van der Waals surface area contributed by atoms with Crippen molar-refractivity contribution in [3.05, 3.63) is 34.3 Å². The topological polar surface area (TPSA) is 34.2 Å². The lowest BCUT2D eigenvalue weighted by Gasteiger charge is -2.07. The van der Waals surface area contributed by atoms with E-state index in [9.17, 15) is 0 Å². The number of benzene rings is 2. The average molecular weight is 290 g/mol. The van der Waals surface area contributed by atoms with Crippen molar-refractivity contribution in [1.82, 2.24) is 4.98 Å². The lowest BCUT2D eigenvalue weighted by molar-refractivity contribution is 0.417. The van der Waals surface area contributed by atoms with E-state index >= 15 is 0 Å². The summed E-state index contributed by atoms with van der Waals surface area (Å²) in [6.45, 7) is 4.19. The highest BCUT2D eigenvalue weighted by Gasteiger charge is 2.16. The van der Waals surface area contributed by atoms with Crippen molar-refractivity contribution < 1.29 is 9.47 Å². The molecule has 0 aliphatic carbocycles. The summed E-state index contributed by atoms with van der Waals surface area (Å²) in [6.07, 6.45) is 0. The van der Waals surface area contributed by atoms with Crippen molar-refractivity contribution >= 4 is 33.4 Å². The zero-order valence-corrected chi connectivity index (χ0v) is 12.7. The number of nitrogens with one attached hydrogen (secondary N) is 1. The van der Waals surface area contributed by atoms with Crippen LogP contribution in [0.25, 0.3) is 21.8 Å². The van der Waals surface area contributed by atoms with Gasteiger partial charge in [0.25, 0.3) is 0 Å². The first kappa shape index (κ1) is 13.1. The van der Waals surface area contributed by atoms with Gasteiger partial charge in [0.15, 0.2) is 0 Å². The normalized spacial score (nSPS) is 11.2. The highest BCUT2D eigenvalue weighted by Crippen LogP contribution is 2.40. The lowest BCUT2D eigenvalue weighted by atomic mass is 10.0. The van der Waals surface area contributed by atoms with Crippen molar-refractivity contribution in [3.8, 4) is 11.5 Å². The number of H-pyrrole nitrogens is 1. The summed E-state index contributed by atoms with van der Waals surface area (Å²) >= 11 is 6.20. The lowest BCUT2D eigenvalue weighted by Crippen LogP contribution is -1.89. The van der Waals surface area contributed by atoms with E-state index in [4.69, 9.17) is 21.1 Å². The number of aromatic nitrogens is 1. The summed E-state index contributed by atoms with van der Waals surface area (Å²) in [6, 6.07) is 5.82. The fraction of sp³-hybridized carbons (Fsp3) is 0.250. The molecule has 0 saturated carbocycles. The highest BCUT2D eigenvalue weighted by molar-refractivity contribution is 6.32. The molecule has 0 amide bonds. The Morgan fingerprint density at radius 3 is 2.25 bits per heavy atom. The number of fused-ring (bicyclic) bond motifs is 3. The molecule has 0 aliphatic heterocycles. The Balaban J connectivity index is 2.58. The molecule has 3 nitrogen and oxygen atoms in total. The number of hydrogen-bond acceptors (Lipinski definition) is 2.